The standard InChI is InChI=1S/C14H20N2O.ClH/c1-2-11-5-4-8-16(10-11)14(17)12-6-3-7-13(15)9-12;/h3,6-7,9,11H,2,4-5,8,10,15H2,1H3;1H. The van der Waals surface area contributed by atoms with E-state index in [4.69, 9.17) is 5.73 Å². The minimum atomic E-state index is 0. The molecule has 1 fully saturated rings. The molecule has 1 unspecified atom stereocenters. The molecule has 2 N–H and O–H groups in total. The van der Waals surface area contributed by atoms with E-state index in [0.29, 0.717) is 17.2 Å². The van der Waals surface area contributed by atoms with Gasteiger partial charge >= 0.3 is 0 Å². The summed E-state index contributed by atoms with van der Waals surface area (Å²) in [5.41, 5.74) is 7.07. The van der Waals surface area contributed by atoms with Gasteiger partial charge in [0.25, 0.3) is 5.91 Å². The lowest BCUT2D eigenvalue weighted by Gasteiger charge is -2.32. The molecule has 2 rings (SSSR count). The Balaban J connectivity index is 0.00000162. The van der Waals surface area contributed by atoms with Crippen LogP contribution in [0.3, 0.4) is 0 Å². The first-order valence-electron chi connectivity index (χ1n) is 6.35. The molecule has 100 valence electrons. The van der Waals surface area contributed by atoms with Gasteiger partial charge in [0.2, 0.25) is 0 Å². The summed E-state index contributed by atoms with van der Waals surface area (Å²) in [6.07, 6.45) is 3.52. The van der Waals surface area contributed by atoms with Crippen molar-refractivity contribution < 1.29 is 4.79 Å². The van der Waals surface area contributed by atoms with Gasteiger partial charge in [0, 0.05) is 24.3 Å². The van der Waals surface area contributed by atoms with E-state index in [1.165, 1.54) is 6.42 Å². The van der Waals surface area contributed by atoms with E-state index in [9.17, 15) is 4.79 Å². The maximum atomic E-state index is 12.3. The van der Waals surface area contributed by atoms with Gasteiger partial charge in [-0.1, -0.05) is 19.4 Å². The molecule has 1 aliphatic heterocycles. The number of hydrogen-bond acceptors (Lipinski definition) is 2. The highest BCUT2D eigenvalue weighted by Crippen LogP contribution is 2.21. The van der Waals surface area contributed by atoms with Crippen LogP contribution in [0.15, 0.2) is 24.3 Å². The Morgan fingerprint density at radius 3 is 2.94 bits per heavy atom. The maximum Gasteiger partial charge on any atom is 0.253 e. The number of rotatable bonds is 2. The van der Waals surface area contributed by atoms with Gasteiger partial charge in [-0.2, -0.15) is 0 Å². The van der Waals surface area contributed by atoms with Gasteiger partial charge in [-0.15, -0.1) is 12.4 Å². The minimum Gasteiger partial charge on any atom is -0.399 e. The van der Waals surface area contributed by atoms with E-state index in [0.717, 1.165) is 25.9 Å². The second-order valence-electron chi connectivity index (χ2n) is 4.79. The number of nitrogens with two attached hydrogens (primary N) is 1. The normalized spacial score (nSPS) is 19.2. The number of anilines is 1. The fourth-order valence-electron chi connectivity index (χ4n) is 2.44. The number of hydrogen-bond donors (Lipinski definition) is 1. The second-order valence-corrected chi connectivity index (χ2v) is 4.79. The summed E-state index contributed by atoms with van der Waals surface area (Å²) in [7, 11) is 0. The van der Waals surface area contributed by atoms with Crippen LogP contribution in [-0.2, 0) is 0 Å². The van der Waals surface area contributed by atoms with Gasteiger partial charge < -0.3 is 10.6 Å². The fraction of sp³-hybridized carbons (Fsp3) is 0.500. The van der Waals surface area contributed by atoms with E-state index in [2.05, 4.69) is 6.92 Å². The number of carbonyl (C=O) groups is 1. The Morgan fingerprint density at radius 2 is 2.28 bits per heavy atom. The Morgan fingerprint density at radius 1 is 1.50 bits per heavy atom. The van der Waals surface area contributed by atoms with E-state index in [-0.39, 0.29) is 18.3 Å². The molecule has 1 aromatic rings. The molecule has 0 spiro atoms. The van der Waals surface area contributed by atoms with Crippen LogP contribution in [0.5, 0.6) is 0 Å². The van der Waals surface area contributed by atoms with Crippen molar-refractivity contribution in [3.63, 3.8) is 0 Å². The number of piperidine rings is 1. The van der Waals surface area contributed by atoms with E-state index >= 15 is 0 Å². The van der Waals surface area contributed by atoms with Gasteiger partial charge in [0.1, 0.15) is 0 Å². The van der Waals surface area contributed by atoms with Crippen LogP contribution >= 0.6 is 12.4 Å². The van der Waals surface area contributed by atoms with Gasteiger partial charge in [0.15, 0.2) is 0 Å². The average Bonchev–Trinajstić information content (AvgIpc) is 2.38. The summed E-state index contributed by atoms with van der Waals surface area (Å²) in [6.45, 7) is 3.97. The van der Waals surface area contributed by atoms with Crippen molar-refractivity contribution in [2.45, 2.75) is 26.2 Å². The Kier molecular flexibility index (Phi) is 5.48. The molecule has 0 aliphatic carbocycles. The number of halogens is 1. The Hall–Kier alpha value is -1.22. The smallest absolute Gasteiger partial charge is 0.253 e. The van der Waals surface area contributed by atoms with Crippen LogP contribution in [0, 0.1) is 5.92 Å². The monoisotopic (exact) mass is 268 g/mol. The van der Waals surface area contributed by atoms with E-state index in [1.54, 1.807) is 6.07 Å². The van der Waals surface area contributed by atoms with Crippen molar-refractivity contribution in [2.75, 3.05) is 18.8 Å². The Labute approximate surface area is 115 Å². The van der Waals surface area contributed by atoms with Crippen molar-refractivity contribution >= 4 is 24.0 Å². The largest absolute Gasteiger partial charge is 0.399 e. The highest BCUT2D eigenvalue weighted by atomic mass is 35.5. The molecule has 0 saturated carbocycles. The van der Waals surface area contributed by atoms with Crippen LogP contribution in [0.25, 0.3) is 0 Å². The SMILES string of the molecule is CCC1CCCN(C(=O)c2cccc(N)c2)C1.Cl. The van der Waals surface area contributed by atoms with Gasteiger partial charge in [-0.25, -0.2) is 0 Å². The minimum absolute atomic E-state index is 0. The van der Waals surface area contributed by atoms with Crippen molar-refractivity contribution in [1.82, 2.24) is 4.90 Å². The molecule has 1 saturated heterocycles. The quantitative estimate of drug-likeness (QED) is 0.839. The molecule has 1 aromatic carbocycles. The molecule has 0 aromatic heterocycles. The van der Waals surface area contributed by atoms with E-state index in [1.807, 2.05) is 23.1 Å². The zero-order valence-corrected chi connectivity index (χ0v) is 11.6. The molecule has 0 bridgehead atoms. The first-order valence-corrected chi connectivity index (χ1v) is 6.35. The highest BCUT2D eigenvalue weighted by Gasteiger charge is 2.23. The van der Waals surface area contributed by atoms with Gasteiger partial charge in [0.05, 0.1) is 0 Å². The highest BCUT2D eigenvalue weighted by molar-refractivity contribution is 5.95. The number of carbonyl (C=O) groups excluding carboxylic acids is 1. The molecular weight excluding hydrogens is 248 g/mol. The first-order chi connectivity index (χ1) is 8.20. The second kappa shape index (κ2) is 6.64. The summed E-state index contributed by atoms with van der Waals surface area (Å²) in [4.78, 5) is 14.2. The predicted octanol–water partition coefficient (Wildman–Crippen LogP) is 2.95. The predicted molar refractivity (Wildman–Crippen MR) is 77.0 cm³/mol. The number of nitrogens with zero attached hydrogens (tertiary/aromatic N) is 1. The van der Waals surface area contributed by atoms with Gasteiger partial charge in [-0.05, 0) is 37.0 Å². The summed E-state index contributed by atoms with van der Waals surface area (Å²) >= 11 is 0. The van der Waals surface area contributed by atoms with Gasteiger partial charge in [-0.3, -0.25) is 4.79 Å². The molecule has 1 amide bonds. The average molecular weight is 269 g/mol. The third-order valence-corrected chi connectivity index (χ3v) is 3.52. The van der Waals surface area contributed by atoms with Crippen molar-refractivity contribution in [3.8, 4) is 0 Å². The van der Waals surface area contributed by atoms with Crippen molar-refractivity contribution in [3.05, 3.63) is 29.8 Å². The lowest BCUT2D eigenvalue weighted by Crippen LogP contribution is -2.39. The van der Waals surface area contributed by atoms with Crippen LogP contribution in [0.1, 0.15) is 36.5 Å². The van der Waals surface area contributed by atoms with Crippen molar-refractivity contribution in [1.29, 1.82) is 0 Å². The summed E-state index contributed by atoms with van der Waals surface area (Å²) in [5, 5.41) is 0. The molecule has 1 atom stereocenters. The summed E-state index contributed by atoms with van der Waals surface area (Å²) in [6, 6.07) is 7.25. The zero-order valence-electron chi connectivity index (χ0n) is 10.8. The van der Waals surface area contributed by atoms with Crippen LogP contribution in [0.4, 0.5) is 5.69 Å². The first kappa shape index (κ1) is 14.8. The lowest BCUT2D eigenvalue weighted by atomic mass is 9.95. The molecule has 18 heavy (non-hydrogen) atoms. The van der Waals surface area contributed by atoms with Crippen LogP contribution < -0.4 is 5.73 Å². The third-order valence-electron chi connectivity index (χ3n) is 3.52. The Bertz CT molecular complexity index is 409. The topological polar surface area (TPSA) is 46.3 Å². The number of nitrogen functional groups attached to an aromatic ring is 1. The molecule has 3 nitrogen and oxygen atoms in total. The molecule has 4 heteroatoms. The van der Waals surface area contributed by atoms with E-state index < -0.39 is 0 Å². The van der Waals surface area contributed by atoms with Crippen molar-refractivity contribution in [2.24, 2.45) is 5.92 Å². The van der Waals surface area contributed by atoms with Crippen LogP contribution in [-0.4, -0.2) is 23.9 Å². The lowest BCUT2D eigenvalue weighted by molar-refractivity contribution is 0.0671. The van der Waals surface area contributed by atoms with Crippen LogP contribution in [0.2, 0.25) is 0 Å². The zero-order chi connectivity index (χ0) is 12.3. The summed E-state index contributed by atoms with van der Waals surface area (Å²) < 4.78 is 0. The number of likely N-dealkylation sites (tertiary alicyclic amines) is 1. The molecule has 1 aliphatic rings. The molecule has 0 radical (unpaired) electrons. The number of benzene rings is 1. The maximum absolute atomic E-state index is 12.3. The molecular formula is C14H21ClN2O. The number of amides is 1. The third kappa shape index (κ3) is 3.39. The molecule has 1 heterocycles. The fourth-order valence-corrected chi connectivity index (χ4v) is 2.44. The summed E-state index contributed by atoms with van der Waals surface area (Å²) in [5.74, 6) is 0.782.